The first-order valence-corrected chi connectivity index (χ1v) is 3.43. The van der Waals surface area contributed by atoms with Gasteiger partial charge in [-0.1, -0.05) is 12.2 Å². The molecule has 2 unspecified atom stereocenters. The number of hydrogen-bond acceptors (Lipinski definition) is 2. The van der Waals surface area contributed by atoms with Gasteiger partial charge in [-0.05, 0) is 12.8 Å². The van der Waals surface area contributed by atoms with Crippen molar-refractivity contribution in [1.82, 2.24) is 0 Å². The van der Waals surface area contributed by atoms with Crippen LogP contribution in [-0.2, 0) is 4.79 Å². The van der Waals surface area contributed by atoms with Crippen LogP contribution in [0.2, 0.25) is 0 Å². The molecule has 0 bridgehead atoms. The molecule has 0 aromatic carbocycles. The van der Waals surface area contributed by atoms with Gasteiger partial charge in [-0.2, -0.15) is 0 Å². The third-order valence-corrected chi connectivity index (χ3v) is 1.83. The molecule has 1 aliphatic rings. The van der Waals surface area contributed by atoms with Crippen LogP contribution in [0.15, 0.2) is 12.2 Å². The summed E-state index contributed by atoms with van der Waals surface area (Å²) in [5, 5.41) is 0. The number of allylic oxidation sites excluding steroid dienone is 1. The van der Waals surface area contributed by atoms with Crippen LogP contribution in [0.1, 0.15) is 12.8 Å². The first-order valence-electron chi connectivity index (χ1n) is 3.43. The van der Waals surface area contributed by atoms with E-state index >= 15 is 0 Å². The lowest BCUT2D eigenvalue weighted by atomic mass is 9.90. The van der Waals surface area contributed by atoms with E-state index in [1.807, 2.05) is 12.2 Å². The normalized spacial score (nSPS) is 32.1. The van der Waals surface area contributed by atoms with Gasteiger partial charge in [0.05, 0.1) is 5.92 Å². The van der Waals surface area contributed by atoms with Gasteiger partial charge in [0, 0.05) is 6.04 Å². The van der Waals surface area contributed by atoms with Crippen molar-refractivity contribution in [3.63, 3.8) is 0 Å². The van der Waals surface area contributed by atoms with Crippen molar-refractivity contribution in [2.24, 2.45) is 17.4 Å². The van der Waals surface area contributed by atoms with Gasteiger partial charge in [0.15, 0.2) is 0 Å². The molecule has 0 saturated heterocycles. The van der Waals surface area contributed by atoms with E-state index < -0.39 is 0 Å². The van der Waals surface area contributed by atoms with Crippen molar-refractivity contribution in [2.45, 2.75) is 18.9 Å². The molecule has 4 N–H and O–H groups in total. The standard InChI is InChI=1S/C7H12N2O/c8-6-4-2-1-3-5(6)7(9)10/h2,4-6H,1,3,8H2,(H2,9,10). The second kappa shape index (κ2) is 2.84. The summed E-state index contributed by atoms with van der Waals surface area (Å²) >= 11 is 0. The molecule has 3 heteroatoms. The minimum Gasteiger partial charge on any atom is -0.369 e. The molecule has 2 atom stereocenters. The highest BCUT2D eigenvalue weighted by atomic mass is 16.1. The number of carbonyl (C=O) groups excluding carboxylic acids is 1. The fraction of sp³-hybridized carbons (Fsp3) is 0.571. The van der Waals surface area contributed by atoms with Crippen molar-refractivity contribution in [3.8, 4) is 0 Å². The first kappa shape index (κ1) is 7.28. The van der Waals surface area contributed by atoms with E-state index in [1.54, 1.807) is 0 Å². The van der Waals surface area contributed by atoms with Crippen LogP contribution in [0, 0.1) is 5.92 Å². The molecule has 0 aromatic rings. The lowest BCUT2D eigenvalue weighted by Gasteiger charge is -2.20. The molecule has 0 aliphatic heterocycles. The Kier molecular flexibility index (Phi) is 2.06. The van der Waals surface area contributed by atoms with E-state index in [0.29, 0.717) is 0 Å². The summed E-state index contributed by atoms with van der Waals surface area (Å²) in [6.07, 6.45) is 5.55. The number of rotatable bonds is 1. The number of primary amides is 1. The Bertz CT molecular complexity index is 165. The highest BCUT2D eigenvalue weighted by molar-refractivity contribution is 5.77. The van der Waals surface area contributed by atoms with Gasteiger partial charge in [0.1, 0.15) is 0 Å². The third kappa shape index (κ3) is 1.36. The van der Waals surface area contributed by atoms with Gasteiger partial charge in [0.25, 0.3) is 0 Å². The second-order valence-corrected chi connectivity index (χ2v) is 2.59. The molecule has 0 heterocycles. The number of nitrogens with two attached hydrogens (primary N) is 2. The largest absolute Gasteiger partial charge is 0.369 e. The molecule has 0 aromatic heterocycles. The number of hydrogen-bond donors (Lipinski definition) is 2. The van der Waals surface area contributed by atoms with E-state index in [-0.39, 0.29) is 17.9 Å². The van der Waals surface area contributed by atoms with Crippen molar-refractivity contribution >= 4 is 5.91 Å². The molecule has 1 aliphatic carbocycles. The van der Waals surface area contributed by atoms with Gasteiger partial charge >= 0.3 is 0 Å². The molecule has 1 amide bonds. The summed E-state index contributed by atoms with van der Waals surface area (Å²) in [6, 6.07) is -0.161. The van der Waals surface area contributed by atoms with Crippen LogP contribution in [-0.4, -0.2) is 11.9 Å². The minimum absolute atomic E-state index is 0.148. The number of amides is 1. The maximum atomic E-state index is 10.7. The van der Waals surface area contributed by atoms with Gasteiger partial charge in [-0.3, -0.25) is 4.79 Å². The smallest absolute Gasteiger partial charge is 0.222 e. The summed E-state index contributed by atoms with van der Waals surface area (Å²) < 4.78 is 0. The number of carbonyl (C=O) groups is 1. The van der Waals surface area contributed by atoms with Crippen LogP contribution in [0.25, 0.3) is 0 Å². The molecule has 0 saturated carbocycles. The Morgan fingerprint density at radius 3 is 2.70 bits per heavy atom. The zero-order chi connectivity index (χ0) is 7.56. The van der Waals surface area contributed by atoms with Crippen LogP contribution < -0.4 is 11.5 Å². The fourth-order valence-corrected chi connectivity index (χ4v) is 1.19. The lowest BCUT2D eigenvalue weighted by molar-refractivity contribution is -0.122. The van der Waals surface area contributed by atoms with Gasteiger partial charge in [-0.15, -0.1) is 0 Å². The molecular formula is C7H12N2O. The molecule has 10 heavy (non-hydrogen) atoms. The monoisotopic (exact) mass is 140 g/mol. The lowest BCUT2D eigenvalue weighted by Crippen LogP contribution is -2.39. The van der Waals surface area contributed by atoms with Gasteiger partial charge in [0.2, 0.25) is 5.91 Å². The third-order valence-electron chi connectivity index (χ3n) is 1.83. The topological polar surface area (TPSA) is 69.1 Å². The fourth-order valence-electron chi connectivity index (χ4n) is 1.19. The van der Waals surface area contributed by atoms with Crippen molar-refractivity contribution in [2.75, 3.05) is 0 Å². The summed E-state index contributed by atoms with van der Waals surface area (Å²) in [5.41, 5.74) is 10.7. The molecule has 0 spiro atoms. The minimum atomic E-state index is -0.281. The molecule has 0 radical (unpaired) electrons. The average Bonchev–Trinajstić information content (AvgIpc) is 1.88. The summed E-state index contributed by atoms with van der Waals surface area (Å²) in [4.78, 5) is 10.7. The van der Waals surface area contributed by atoms with Crippen molar-refractivity contribution in [3.05, 3.63) is 12.2 Å². The molecular weight excluding hydrogens is 128 g/mol. The zero-order valence-corrected chi connectivity index (χ0v) is 5.79. The highest BCUT2D eigenvalue weighted by Gasteiger charge is 2.22. The first-order chi connectivity index (χ1) is 4.72. The van der Waals surface area contributed by atoms with E-state index in [2.05, 4.69) is 0 Å². The van der Waals surface area contributed by atoms with E-state index in [4.69, 9.17) is 11.5 Å². The van der Waals surface area contributed by atoms with Crippen LogP contribution in [0.5, 0.6) is 0 Å². The zero-order valence-electron chi connectivity index (χ0n) is 5.79. The van der Waals surface area contributed by atoms with Crippen LogP contribution >= 0.6 is 0 Å². The summed E-state index contributed by atoms with van der Waals surface area (Å²) in [6.45, 7) is 0. The molecule has 0 fully saturated rings. The van der Waals surface area contributed by atoms with Crippen LogP contribution in [0.4, 0.5) is 0 Å². The second-order valence-electron chi connectivity index (χ2n) is 2.59. The Hall–Kier alpha value is -0.830. The molecule has 3 nitrogen and oxygen atoms in total. The van der Waals surface area contributed by atoms with E-state index in [9.17, 15) is 4.79 Å². The quantitative estimate of drug-likeness (QED) is 0.494. The Balaban J connectivity index is 2.60. The summed E-state index contributed by atoms with van der Waals surface area (Å²) in [7, 11) is 0. The Labute approximate surface area is 60.1 Å². The maximum Gasteiger partial charge on any atom is 0.222 e. The molecule has 56 valence electrons. The van der Waals surface area contributed by atoms with E-state index in [0.717, 1.165) is 12.8 Å². The SMILES string of the molecule is NC(=O)C1CCC=CC1N. The Morgan fingerprint density at radius 1 is 1.60 bits per heavy atom. The van der Waals surface area contributed by atoms with Gasteiger partial charge in [-0.25, -0.2) is 0 Å². The predicted octanol–water partition coefficient (Wildman–Crippen LogP) is -0.235. The van der Waals surface area contributed by atoms with E-state index in [1.165, 1.54) is 0 Å². The van der Waals surface area contributed by atoms with Crippen molar-refractivity contribution < 1.29 is 4.79 Å². The van der Waals surface area contributed by atoms with Crippen LogP contribution in [0.3, 0.4) is 0 Å². The van der Waals surface area contributed by atoms with Gasteiger partial charge < -0.3 is 11.5 Å². The average molecular weight is 140 g/mol. The maximum absolute atomic E-state index is 10.7. The molecule has 1 rings (SSSR count). The highest BCUT2D eigenvalue weighted by Crippen LogP contribution is 2.16. The Morgan fingerprint density at radius 2 is 2.30 bits per heavy atom. The predicted molar refractivity (Wildman–Crippen MR) is 39.0 cm³/mol. The summed E-state index contributed by atoms with van der Waals surface area (Å²) in [5.74, 6) is -0.429. The van der Waals surface area contributed by atoms with Crippen molar-refractivity contribution in [1.29, 1.82) is 0 Å².